The van der Waals surface area contributed by atoms with Gasteiger partial charge in [0.05, 0.1) is 22.4 Å². The minimum Gasteiger partial charge on any atom is -0.507 e. The first kappa shape index (κ1) is 12.9. The van der Waals surface area contributed by atoms with Gasteiger partial charge >= 0.3 is 5.97 Å². The molecule has 0 atom stereocenters. The highest BCUT2D eigenvalue weighted by molar-refractivity contribution is 6.31. The molecule has 0 bridgehead atoms. The topological polar surface area (TPSA) is 118 Å². The third kappa shape index (κ3) is 1.62. The molecule has 0 saturated heterocycles. The zero-order valence-corrected chi connectivity index (χ0v) is 10.6. The highest BCUT2D eigenvalue weighted by atomic mass is 16.4. The number of nitrogen functional groups attached to an aromatic ring is 1. The van der Waals surface area contributed by atoms with Crippen molar-refractivity contribution in [3.05, 3.63) is 58.1 Å². The third-order valence-corrected chi connectivity index (χ3v) is 3.45. The van der Waals surface area contributed by atoms with E-state index in [0.29, 0.717) is 0 Å². The van der Waals surface area contributed by atoms with Crippen LogP contribution in [0.1, 0.15) is 42.2 Å². The molecule has 6 heteroatoms. The molecule has 3 rings (SSSR count). The lowest BCUT2D eigenvalue weighted by molar-refractivity contribution is 0.0697. The molecule has 2 aromatic carbocycles. The fraction of sp³-hybridized carbons (Fsp3) is 0. The average Bonchev–Trinajstić information content (AvgIpc) is 2.46. The molecule has 0 heterocycles. The molecular weight excluding hydrogens is 274 g/mol. The smallest absolute Gasteiger partial charge is 0.337 e. The van der Waals surface area contributed by atoms with E-state index in [0.717, 1.165) is 6.07 Å². The Morgan fingerprint density at radius 3 is 2.05 bits per heavy atom. The number of phenols is 1. The minimum absolute atomic E-state index is 0.142. The summed E-state index contributed by atoms with van der Waals surface area (Å²) in [6, 6.07) is 7.00. The number of carbonyl (C=O) groups excluding carboxylic acids is 2. The van der Waals surface area contributed by atoms with Crippen molar-refractivity contribution in [3.8, 4) is 5.75 Å². The number of carboxylic acids is 1. The van der Waals surface area contributed by atoms with Crippen LogP contribution in [0.15, 0.2) is 30.3 Å². The second-order valence-electron chi connectivity index (χ2n) is 4.62. The molecule has 6 nitrogen and oxygen atoms in total. The predicted octanol–water partition coefficient (Wildman–Crippen LogP) is 1.45. The van der Waals surface area contributed by atoms with E-state index in [1.165, 1.54) is 12.1 Å². The molecule has 0 amide bonds. The number of aromatic carboxylic acids is 1. The van der Waals surface area contributed by atoms with Crippen LogP contribution in [0.2, 0.25) is 0 Å². The van der Waals surface area contributed by atoms with Gasteiger partial charge in [-0.05, 0) is 6.07 Å². The zero-order chi connectivity index (χ0) is 15.3. The van der Waals surface area contributed by atoms with E-state index in [4.69, 9.17) is 10.8 Å². The van der Waals surface area contributed by atoms with Crippen molar-refractivity contribution in [1.29, 1.82) is 0 Å². The molecule has 0 radical (unpaired) electrons. The van der Waals surface area contributed by atoms with Crippen LogP contribution in [0.3, 0.4) is 0 Å². The number of hydrogen-bond acceptors (Lipinski definition) is 5. The van der Waals surface area contributed by atoms with Crippen LogP contribution >= 0.6 is 0 Å². The molecule has 21 heavy (non-hydrogen) atoms. The fourth-order valence-corrected chi connectivity index (χ4v) is 2.48. The van der Waals surface area contributed by atoms with E-state index in [2.05, 4.69) is 0 Å². The van der Waals surface area contributed by atoms with E-state index in [1.54, 1.807) is 12.1 Å². The lowest BCUT2D eigenvalue weighted by Crippen LogP contribution is -2.23. The molecule has 0 saturated carbocycles. The summed E-state index contributed by atoms with van der Waals surface area (Å²) in [5, 5.41) is 19.0. The van der Waals surface area contributed by atoms with Crippen molar-refractivity contribution in [2.24, 2.45) is 0 Å². The number of benzene rings is 2. The van der Waals surface area contributed by atoms with Gasteiger partial charge in [0.15, 0.2) is 11.6 Å². The summed E-state index contributed by atoms with van der Waals surface area (Å²) >= 11 is 0. The van der Waals surface area contributed by atoms with Gasteiger partial charge in [0.1, 0.15) is 5.75 Å². The van der Waals surface area contributed by atoms with E-state index in [1.807, 2.05) is 0 Å². The summed E-state index contributed by atoms with van der Waals surface area (Å²) in [4.78, 5) is 36.0. The van der Waals surface area contributed by atoms with Crippen molar-refractivity contribution in [2.75, 3.05) is 5.73 Å². The largest absolute Gasteiger partial charge is 0.507 e. The number of fused-ring (bicyclic) bond motifs is 2. The van der Waals surface area contributed by atoms with E-state index in [9.17, 15) is 19.5 Å². The Labute approximate surface area is 118 Å². The maximum Gasteiger partial charge on any atom is 0.337 e. The highest BCUT2D eigenvalue weighted by Gasteiger charge is 2.35. The van der Waals surface area contributed by atoms with Crippen LogP contribution in [-0.4, -0.2) is 27.7 Å². The van der Waals surface area contributed by atoms with Crippen LogP contribution in [-0.2, 0) is 0 Å². The standard InChI is InChI=1S/C15H9NO5/c16-12-8(15(20)21)5-9(17)10-11(12)14(19)7-4-2-1-3-6(7)13(10)18/h1-5,17H,16H2,(H,20,21). The summed E-state index contributed by atoms with van der Waals surface area (Å²) in [6.07, 6.45) is 0. The number of aromatic hydroxyl groups is 1. The van der Waals surface area contributed by atoms with Gasteiger partial charge in [-0.3, -0.25) is 9.59 Å². The van der Waals surface area contributed by atoms with Crippen molar-refractivity contribution in [2.45, 2.75) is 0 Å². The number of carboxylic acid groups (broad SMARTS) is 1. The molecule has 104 valence electrons. The second kappa shape index (κ2) is 4.17. The zero-order valence-electron chi connectivity index (χ0n) is 10.6. The molecular formula is C15H9NO5. The van der Waals surface area contributed by atoms with Crippen molar-refractivity contribution in [3.63, 3.8) is 0 Å². The van der Waals surface area contributed by atoms with Gasteiger partial charge in [0.2, 0.25) is 0 Å². The van der Waals surface area contributed by atoms with Crippen LogP contribution in [0, 0.1) is 0 Å². The highest BCUT2D eigenvalue weighted by Crippen LogP contribution is 2.37. The number of rotatable bonds is 1. The Balaban J connectivity index is 2.41. The number of anilines is 1. The Kier molecular flexibility index (Phi) is 2.56. The van der Waals surface area contributed by atoms with Crippen LogP contribution in [0.25, 0.3) is 0 Å². The monoisotopic (exact) mass is 283 g/mol. The molecule has 0 aromatic heterocycles. The number of nitrogens with two attached hydrogens (primary N) is 1. The van der Waals surface area contributed by atoms with Gasteiger partial charge < -0.3 is 15.9 Å². The van der Waals surface area contributed by atoms with Crippen molar-refractivity contribution >= 4 is 23.2 Å². The number of carbonyl (C=O) groups is 3. The van der Waals surface area contributed by atoms with E-state index < -0.39 is 28.8 Å². The summed E-state index contributed by atoms with van der Waals surface area (Å²) in [7, 11) is 0. The van der Waals surface area contributed by atoms with E-state index >= 15 is 0 Å². The van der Waals surface area contributed by atoms with Crippen molar-refractivity contribution < 1.29 is 24.6 Å². The molecule has 0 aliphatic heterocycles. The Morgan fingerprint density at radius 1 is 1.00 bits per heavy atom. The third-order valence-electron chi connectivity index (χ3n) is 3.45. The normalized spacial score (nSPS) is 12.8. The summed E-state index contributed by atoms with van der Waals surface area (Å²) in [5.41, 5.74) is 4.79. The lowest BCUT2D eigenvalue weighted by Gasteiger charge is -2.20. The summed E-state index contributed by atoms with van der Waals surface area (Å²) < 4.78 is 0. The van der Waals surface area contributed by atoms with Crippen molar-refractivity contribution in [1.82, 2.24) is 0 Å². The summed E-state index contributed by atoms with van der Waals surface area (Å²) in [6.45, 7) is 0. The molecule has 0 unspecified atom stereocenters. The lowest BCUT2D eigenvalue weighted by atomic mass is 9.81. The molecule has 1 aliphatic rings. The summed E-state index contributed by atoms with van der Waals surface area (Å²) in [5.74, 6) is -3.08. The predicted molar refractivity (Wildman–Crippen MR) is 72.8 cm³/mol. The van der Waals surface area contributed by atoms with Crippen LogP contribution < -0.4 is 5.73 Å². The number of phenolic OH excluding ortho intramolecular Hbond substituents is 1. The van der Waals surface area contributed by atoms with Crippen LogP contribution in [0.4, 0.5) is 5.69 Å². The van der Waals surface area contributed by atoms with Gasteiger partial charge in [-0.1, -0.05) is 24.3 Å². The Hall–Kier alpha value is -3.15. The van der Waals surface area contributed by atoms with Gasteiger partial charge in [-0.15, -0.1) is 0 Å². The Morgan fingerprint density at radius 2 is 1.52 bits per heavy atom. The van der Waals surface area contributed by atoms with Gasteiger partial charge in [-0.2, -0.15) is 0 Å². The molecule has 1 aliphatic carbocycles. The maximum atomic E-state index is 12.5. The van der Waals surface area contributed by atoms with Gasteiger partial charge in [-0.25, -0.2) is 4.79 Å². The molecule has 4 N–H and O–H groups in total. The number of ketones is 2. The average molecular weight is 283 g/mol. The second-order valence-corrected chi connectivity index (χ2v) is 4.62. The maximum absolute atomic E-state index is 12.5. The fourth-order valence-electron chi connectivity index (χ4n) is 2.48. The first-order valence-corrected chi connectivity index (χ1v) is 6.00. The first-order valence-electron chi connectivity index (χ1n) is 6.00. The number of hydrogen-bond donors (Lipinski definition) is 3. The van der Waals surface area contributed by atoms with E-state index in [-0.39, 0.29) is 27.9 Å². The SMILES string of the molecule is Nc1c(C(=O)O)cc(O)c2c1C(=O)c1ccccc1C2=O. The molecule has 2 aromatic rings. The minimum atomic E-state index is -1.38. The Bertz CT molecular complexity index is 838. The van der Waals surface area contributed by atoms with Gasteiger partial charge in [0, 0.05) is 11.1 Å². The van der Waals surface area contributed by atoms with Crippen LogP contribution in [0.5, 0.6) is 5.75 Å². The molecule has 0 spiro atoms. The quantitative estimate of drug-likeness (QED) is 0.459. The first-order chi connectivity index (χ1) is 9.93. The molecule has 0 fully saturated rings. The van der Waals surface area contributed by atoms with Gasteiger partial charge in [0.25, 0.3) is 0 Å².